The minimum Gasteiger partial charge on any atom is -0.304 e. The molecule has 1 aromatic heterocycles. The van der Waals surface area contributed by atoms with E-state index in [1.165, 1.54) is 5.39 Å². The first-order valence-electron chi connectivity index (χ1n) is 6.83. The van der Waals surface area contributed by atoms with Crippen LogP contribution in [0.3, 0.4) is 0 Å². The van der Waals surface area contributed by atoms with E-state index in [1.54, 1.807) is 0 Å². The van der Waals surface area contributed by atoms with Crippen molar-refractivity contribution in [2.45, 2.75) is 6.54 Å². The number of aromatic nitrogens is 1. The van der Waals surface area contributed by atoms with Crippen LogP contribution in [-0.2, 0) is 6.54 Å². The highest BCUT2D eigenvalue weighted by atomic mass is 15.5. The van der Waals surface area contributed by atoms with Crippen molar-refractivity contribution < 1.29 is 0 Å². The summed E-state index contributed by atoms with van der Waals surface area (Å²) in [5, 5.41) is 3.49. The predicted molar refractivity (Wildman–Crippen MR) is 77.7 cm³/mol. The van der Waals surface area contributed by atoms with Crippen molar-refractivity contribution in [1.82, 2.24) is 20.3 Å². The summed E-state index contributed by atoms with van der Waals surface area (Å²) < 4.78 is 0. The van der Waals surface area contributed by atoms with Crippen LogP contribution >= 0.6 is 0 Å². The molecule has 0 spiro atoms. The molecule has 2 aromatic rings. The molecule has 4 heteroatoms. The van der Waals surface area contributed by atoms with Crippen LogP contribution < -0.4 is 5.43 Å². The van der Waals surface area contributed by atoms with E-state index in [2.05, 4.69) is 51.6 Å². The highest BCUT2D eigenvalue weighted by molar-refractivity contribution is 5.78. The number of rotatable bonds is 3. The highest BCUT2D eigenvalue weighted by Crippen LogP contribution is 2.11. The van der Waals surface area contributed by atoms with Gasteiger partial charge in [0.1, 0.15) is 0 Å². The average molecular weight is 256 g/mol. The van der Waals surface area contributed by atoms with Crippen LogP contribution in [0.4, 0.5) is 0 Å². The molecule has 0 unspecified atom stereocenters. The minimum atomic E-state index is 0.800. The summed E-state index contributed by atoms with van der Waals surface area (Å²) in [5.41, 5.74) is 5.63. The molecular formula is C15H20N4. The molecule has 0 amide bonds. The van der Waals surface area contributed by atoms with Gasteiger partial charge in [-0.2, -0.15) is 0 Å². The first kappa shape index (κ1) is 12.5. The molecule has 1 aromatic carbocycles. The smallest absolute Gasteiger partial charge is 0.0705 e. The fourth-order valence-electron chi connectivity index (χ4n) is 2.36. The van der Waals surface area contributed by atoms with Gasteiger partial charge < -0.3 is 4.90 Å². The van der Waals surface area contributed by atoms with Crippen molar-refractivity contribution in [2.24, 2.45) is 0 Å². The first-order valence-corrected chi connectivity index (χ1v) is 6.83. The first-order chi connectivity index (χ1) is 9.31. The number of fused-ring (bicyclic) bond motifs is 1. The lowest BCUT2D eigenvalue weighted by Gasteiger charge is -2.32. The van der Waals surface area contributed by atoms with Gasteiger partial charge >= 0.3 is 0 Å². The molecule has 0 radical (unpaired) electrons. The number of pyridine rings is 1. The second kappa shape index (κ2) is 5.65. The van der Waals surface area contributed by atoms with Crippen molar-refractivity contribution >= 4 is 10.9 Å². The van der Waals surface area contributed by atoms with Crippen LogP contribution in [0.5, 0.6) is 0 Å². The molecule has 1 fully saturated rings. The molecule has 0 saturated carbocycles. The quantitative estimate of drug-likeness (QED) is 0.901. The van der Waals surface area contributed by atoms with Gasteiger partial charge in [-0.15, -0.1) is 0 Å². The Labute approximate surface area is 114 Å². The van der Waals surface area contributed by atoms with Crippen molar-refractivity contribution in [3.63, 3.8) is 0 Å². The molecule has 2 heterocycles. The monoisotopic (exact) mass is 256 g/mol. The van der Waals surface area contributed by atoms with Gasteiger partial charge in [0.25, 0.3) is 0 Å². The van der Waals surface area contributed by atoms with Crippen LogP contribution in [-0.4, -0.2) is 48.1 Å². The predicted octanol–water partition coefficient (Wildman–Crippen LogP) is 1.49. The molecule has 0 atom stereocenters. The molecule has 19 heavy (non-hydrogen) atoms. The minimum absolute atomic E-state index is 0.800. The van der Waals surface area contributed by atoms with Gasteiger partial charge in [-0.05, 0) is 19.2 Å². The van der Waals surface area contributed by atoms with E-state index in [0.717, 1.165) is 43.9 Å². The lowest BCUT2D eigenvalue weighted by molar-refractivity contribution is 0.102. The Balaban J connectivity index is 1.62. The third-order valence-corrected chi connectivity index (χ3v) is 3.64. The van der Waals surface area contributed by atoms with Gasteiger partial charge in [-0.25, -0.2) is 10.4 Å². The molecular weight excluding hydrogens is 236 g/mol. The van der Waals surface area contributed by atoms with Gasteiger partial charge in [0, 0.05) is 31.6 Å². The van der Waals surface area contributed by atoms with Gasteiger partial charge in [0.2, 0.25) is 0 Å². The topological polar surface area (TPSA) is 31.4 Å². The van der Waals surface area contributed by atoms with E-state index < -0.39 is 0 Å². The number of likely N-dealkylation sites (N-methyl/N-ethyl adjacent to an activating group) is 1. The second-order valence-electron chi connectivity index (χ2n) is 5.12. The van der Waals surface area contributed by atoms with Crippen LogP contribution in [0.15, 0.2) is 36.4 Å². The zero-order valence-electron chi connectivity index (χ0n) is 11.3. The van der Waals surface area contributed by atoms with Crippen molar-refractivity contribution in [3.05, 3.63) is 42.1 Å². The summed E-state index contributed by atoms with van der Waals surface area (Å²) >= 11 is 0. The van der Waals surface area contributed by atoms with Crippen molar-refractivity contribution in [2.75, 3.05) is 33.2 Å². The molecule has 0 bridgehead atoms. The lowest BCUT2D eigenvalue weighted by atomic mass is 10.2. The van der Waals surface area contributed by atoms with Crippen molar-refractivity contribution in [1.29, 1.82) is 0 Å². The molecule has 0 aliphatic carbocycles. The fraction of sp³-hybridized carbons (Fsp3) is 0.400. The normalized spacial score (nSPS) is 17.9. The summed E-state index contributed by atoms with van der Waals surface area (Å²) in [6.45, 7) is 5.19. The number of para-hydroxylation sites is 1. The number of nitrogens with one attached hydrogen (secondary N) is 1. The zero-order chi connectivity index (χ0) is 13.1. The maximum absolute atomic E-state index is 4.67. The van der Waals surface area contributed by atoms with Crippen LogP contribution in [0, 0.1) is 0 Å². The lowest BCUT2D eigenvalue weighted by Crippen LogP contribution is -2.50. The average Bonchev–Trinajstić information content (AvgIpc) is 2.46. The third-order valence-electron chi connectivity index (χ3n) is 3.64. The summed E-state index contributed by atoms with van der Waals surface area (Å²) in [5.74, 6) is 0. The Kier molecular flexibility index (Phi) is 3.73. The Bertz CT molecular complexity index is 547. The second-order valence-corrected chi connectivity index (χ2v) is 5.12. The van der Waals surface area contributed by atoms with Gasteiger partial charge in [0.15, 0.2) is 0 Å². The number of hydrogen-bond donors (Lipinski definition) is 1. The third kappa shape index (κ3) is 3.10. The van der Waals surface area contributed by atoms with E-state index in [9.17, 15) is 0 Å². The van der Waals surface area contributed by atoms with E-state index in [1.807, 2.05) is 12.1 Å². The molecule has 1 aliphatic heterocycles. The maximum Gasteiger partial charge on any atom is 0.0705 e. The van der Waals surface area contributed by atoms with Crippen LogP contribution in [0.1, 0.15) is 5.69 Å². The summed E-state index contributed by atoms with van der Waals surface area (Å²) in [7, 11) is 2.17. The summed E-state index contributed by atoms with van der Waals surface area (Å²) in [6.07, 6.45) is 0. The number of hydrazine groups is 1. The number of piperazine rings is 1. The van der Waals surface area contributed by atoms with Gasteiger partial charge in [-0.3, -0.25) is 4.98 Å². The Morgan fingerprint density at radius 3 is 2.68 bits per heavy atom. The molecule has 1 aliphatic rings. The number of hydrogen-bond acceptors (Lipinski definition) is 4. The highest BCUT2D eigenvalue weighted by Gasteiger charge is 2.12. The molecule has 100 valence electrons. The van der Waals surface area contributed by atoms with Gasteiger partial charge in [0.05, 0.1) is 17.8 Å². The largest absolute Gasteiger partial charge is 0.304 e. The van der Waals surface area contributed by atoms with E-state index in [4.69, 9.17) is 0 Å². The summed E-state index contributed by atoms with van der Waals surface area (Å²) in [6, 6.07) is 12.5. The number of benzene rings is 1. The molecule has 1 saturated heterocycles. The van der Waals surface area contributed by atoms with Crippen molar-refractivity contribution in [3.8, 4) is 0 Å². The Morgan fingerprint density at radius 2 is 1.84 bits per heavy atom. The van der Waals surface area contributed by atoms with Crippen LogP contribution in [0.25, 0.3) is 10.9 Å². The summed E-state index contributed by atoms with van der Waals surface area (Å²) in [4.78, 5) is 7.03. The maximum atomic E-state index is 4.67. The molecule has 1 N–H and O–H groups in total. The molecule has 4 nitrogen and oxygen atoms in total. The Hall–Kier alpha value is -1.49. The van der Waals surface area contributed by atoms with Gasteiger partial charge in [-0.1, -0.05) is 24.3 Å². The zero-order valence-corrected chi connectivity index (χ0v) is 11.3. The van der Waals surface area contributed by atoms with E-state index >= 15 is 0 Å². The standard InChI is InChI=1S/C15H20N4/c1-18-8-10-19(11-9-18)16-12-14-7-6-13-4-2-3-5-15(13)17-14/h2-7,16H,8-12H2,1H3. The molecule has 3 rings (SSSR count). The SMILES string of the molecule is CN1CCN(NCc2ccc3ccccc3n2)CC1. The fourth-order valence-corrected chi connectivity index (χ4v) is 2.36. The number of nitrogens with zero attached hydrogens (tertiary/aromatic N) is 3. The van der Waals surface area contributed by atoms with E-state index in [0.29, 0.717) is 0 Å². The Morgan fingerprint density at radius 1 is 1.05 bits per heavy atom. The van der Waals surface area contributed by atoms with Crippen LogP contribution in [0.2, 0.25) is 0 Å². The van der Waals surface area contributed by atoms with E-state index in [-0.39, 0.29) is 0 Å².